The number of furan rings is 1. The lowest BCUT2D eigenvalue weighted by atomic mass is 10.0. The highest BCUT2D eigenvalue weighted by Gasteiger charge is 2.20. The summed E-state index contributed by atoms with van der Waals surface area (Å²) in [6.07, 6.45) is 1.80. The molecule has 0 fully saturated rings. The number of aliphatic hydroxyl groups excluding tert-OH is 1. The summed E-state index contributed by atoms with van der Waals surface area (Å²) in [4.78, 5) is 0. The van der Waals surface area contributed by atoms with Gasteiger partial charge in [-0.3, -0.25) is 0 Å². The van der Waals surface area contributed by atoms with Crippen molar-refractivity contribution in [1.29, 1.82) is 0 Å². The second-order valence-electron chi connectivity index (χ2n) is 4.36. The van der Waals surface area contributed by atoms with Gasteiger partial charge in [-0.05, 0) is 38.8 Å². The molecule has 0 saturated heterocycles. The Morgan fingerprint density at radius 2 is 2.16 bits per heavy atom. The molecule has 3 rings (SSSR count). The van der Waals surface area contributed by atoms with E-state index < -0.39 is 6.10 Å². The lowest BCUT2D eigenvalue weighted by Gasteiger charge is -2.09. The molecule has 2 nitrogen and oxygen atoms in total. The van der Waals surface area contributed by atoms with Crippen molar-refractivity contribution in [3.8, 4) is 0 Å². The maximum absolute atomic E-state index is 10.6. The number of fused-ring (bicyclic) bond motifs is 1. The van der Waals surface area contributed by atoms with Crippen LogP contribution in [0.3, 0.4) is 0 Å². The van der Waals surface area contributed by atoms with Crippen LogP contribution in [0.1, 0.15) is 29.9 Å². The lowest BCUT2D eigenvalue weighted by molar-refractivity contribution is 0.219. The van der Waals surface area contributed by atoms with Gasteiger partial charge in [-0.25, -0.2) is 0 Å². The average Bonchev–Trinajstić information content (AvgIpc) is 3.05. The van der Waals surface area contributed by atoms with Gasteiger partial charge in [-0.1, -0.05) is 19.1 Å². The lowest BCUT2D eigenvalue weighted by Crippen LogP contribution is -2.00. The first-order valence-corrected chi connectivity index (χ1v) is 7.79. The number of aliphatic hydroxyl groups is 1. The summed E-state index contributed by atoms with van der Waals surface area (Å²) in [7, 11) is 0. The van der Waals surface area contributed by atoms with Crippen LogP contribution in [0.2, 0.25) is 0 Å². The second-order valence-corrected chi connectivity index (χ2v) is 6.10. The summed E-state index contributed by atoms with van der Waals surface area (Å²) in [5.74, 6) is 0.849. The van der Waals surface area contributed by atoms with Gasteiger partial charge in [0, 0.05) is 26.7 Å². The molecular formula is C15H13BrO2S. The van der Waals surface area contributed by atoms with Gasteiger partial charge in [0.15, 0.2) is 0 Å². The van der Waals surface area contributed by atoms with E-state index in [1.807, 2.05) is 36.6 Å². The number of hydrogen-bond acceptors (Lipinski definition) is 3. The van der Waals surface area contributed by atoms with Crippen molar-refractivity contribution >= 4 is 37.4 Å². The molecule has 2 aromatic heterocycles. The second kappa shape index (κ2) is 5.12. The monoisotopic (exact) mass is 336 g/mol. The number of benzene rings is 1. The number of aryl methyl sites for hydroxylation is 1. The number of thiophene rings is 1. The zero-order valence-electron chi connectivity index (χ0n) is 10.4. The van der Waals surface area contributed by atoms with E-state index in [1.165, 1.54) is 0 Å². The molecule has 1 aromatic carbocycles. The van der Waals surface area contributed by atoms with Crippen molar-refractivity contribution in [1.82, 2.24) is 0 Å². The van der Waals surface area contributed by atoms with Crippen LogP contribution < -0.4 is 0 Å². The summed E-state index contributed by atoms with van der Waals surface area (Å²) >= 11 is 5.19. The molecule has 98 valence electrons. The van der Waals surface area contributed by atoms with E-state index in [0.717, 1.165) is 37.9 Å². The molecule has 1 atom stereocenters. The molecule has 0 radical (unpaired) electrons. The third-order valence-electron chi connectivity index (χ3n) is 3.27. The topological polar surface area (TPSA) is 33.4 Å². The summed E-state index contributed by atoms with van der Waals surface area (Å²) < 4.78 is 7.63. The zero-order chi connectivity index (χ0) is 13.4. The molecular weight excluding hydrogens is 324 g/mol. The van der Waals surface area contributed by atoms with E-state index in [2.05, 4.69) is 15.9 Å². The Kier molecular flexibility index (Phi) is 3.48. The van der Waals surface area contributed by atoms with Gasteiger partial charge in [0.1, 0.15) is 11.9 Å². The highest BCUT2D eigenvalue weighted by atomic mass is 79.9. The molecule has 4 heteroatoms. The van der Waals surface area contributed by atoms with E-state index >= 15 is 0 Å². The fourth-order valence-corrected chi connectivity index (χ4v) is 3.94. The Balaban J connectivity index is 2.12. The van der Waals surface area contributed by atoms with Crippen molar-refractivity contribution in [3.05, 3.63) is 57.3 Å². The van der Waals surface area contributed by atoms with Crippen LogP contribution >= 0.6 is 27.3 Å². The Morgan fingerprint density at radius 1 is 1.32 bits per heavy atom. The fraction of sp³-hybridized carbons (Fsp3) is 0.200. The predicted molar refractivity (Wildman–Crippen MR) is 81.7 cm³/mol. The van der Waals surface area contributed by atoms with Crippen LogP contribution in [-0.2, 0) is 6.42 Å². The van der Waals surface area contributed by atoms with Crippen molar-refractivity contribution in [2.24, 2.45) is 0 Å². The highest BCUT2D eigenvalue weighted by molar-refractivity contribution is 9.10. The van der Waals surface area contributed by atoms with Gasteiger partial charge in [0.2, 0.25) is 0 Å². The van der Waals surface area contributed by atoms with Crippen LogP contribution in [0, 0.1) is 0 Å². The third kappa shape index (κ3) is 2.14. The molecule has 3 aromatic rings. The molecule has 0 aliphatic heterocycles. The minimum atomic E-state index is -0.628. The molecule has 0 aliphatic carbocycles. The third-order valence-corrected chi connectivity index (χ3v) is 5.24. The van der Waals surface area contributed by atoms with Crippen molar-refractivity contribution in [2.45, 2.75) is 19.4 Å². The Labute approximate surface area is 123 Å². The fourth-order valence-electron chi connectivity index (χ4n) is 2.30. The Bertz CT molecular complexity index is 714. The number of hydrogen-bond donors (Lipinski definition) is 1. The summed E-state index contributed by atoms with van der Waals surface area (Å²) in [5.41, 5.74) is 1.81. The quantitative estimate of drug-likeness (QED) is 0.737. The molecule has 0 saturated carbocycles. The minimum Gasteiger partial charge on any atom is -0.469 e. The highest BCUT2D eigenvalue weighted by Crippen LogP contribution is 2.38. The van der Waals surface area contributed by atoms with Crippen LogP contribution in [-0.4, -0.2) is 5.11 Å². The summed E-state index contributed by atoms with van der Waals surface area (Å²) in [6.45, 7) is 2.03. The zero-order valence-corrected chi connectivity index (χ0v) is 12.8. The maximum atomic E-state index is 10.6. The first-order valence-electron chi connectivity index (χ1n) is 6.12. The van der Waals surface area contributed by atoms with Crippen molar-refractivity contribution < 1.29 is 9.52 Å². The Morgan fingerprint density at radius 3 is 2.95 bits per heavy atom. The molecule has 1 unspecified atom stereocenters. The smallest absolute Gasteiger partial charge is 0.109 e. The standard InChI is InChI=1S/C15H13BrO2S/c1-2-13-10(6-7-18-13)14(17)11-8-19-15-9(11)4-3-5-12(15)16/h3-8,14,17H,2H2,1H3. The maximum Gasteiger partial charge on any atom is 0.109 e. The molecule has 2 heterocycles. The van der Waals surface area contributed by atoms with Crippen LogP contribution in [0.25, 0.3) is 10.1 Å². The van der Waals surface area contributed by atoms with E-state index in [-0.39, 0.29) is 0 Å². The summed E-state index contributed by atoms with van der Waals surface area (Å²) in [5, 5.41) is 13.7. The van der Waals surface area contributed by atoms with E-state index in [1.54, 1.807) is 17.6 Å². The van der Waals surface area contributed by atoms with Crippen molar-refractivity contribution in [3.63, 3.8) is 0 Å². The number of rotatable bonds is 3. The molecule has 0 aliphatic rings. The normalized spacial score (nSPS) is 13.0. The molecule has 1 N–H and O–H groups in total. The minimum absolute atomic E-state index is 0.628. The van der Waals surface area contributed by atoms with Crippen LogP contribution in [0.15, 0.2) is 44.8 Å². The van der Waals surface area contributed by atoms with Crippen molar-refractivity contribution in [2.75, 3.05) is 0 Å². The largest absolute Gasteiger partial charge is 0.469 e. The average molecular weight is 337 g/mol. The van der Waals surface area contributed by atoms with E-state index in [4.69, 9.17) is 4.42 Å². The summed E-state index contributed by atoms with van der Waals surface area (Å²) in [6, 6.07) is 7.90. The van der Waals surface area contributed by atoms with E-state index in [0.29, 0.717) is 0 Å². The van der Waals surface area contributed by atoms with Gasteiger partial charge in [-0.2, -0.15) is 0 Å². The molecule has 0 spiro atoms. The van der Waals surface area contributed by atoms with E-state index in [9.17, 15) is 5.11 Å². The van der Waals surface area contributed by atoms with Gasteiger partial charge >= 0.3 is 0 Å². The molecule has 0 bridgehead atoms. The molecule has 0 amide bonds. The SMILES string of the molecule is CCc1occc1C(O)c1csc2c(Br)cccc12. The molecule has 19 heavy (non-hydrogen) atoms. The first-order chi connectivity index (χ1) is 9.22. The predicted octanol–water partition coefficient (Wildman–Crippen LogP) is 4.90. The first kappa shape index (κ1) is 12.9. The Hall–Kier alpha value is -1.10. The number of halogens is 1. The van der Waals surface area contributed by atoms with Crippen LogP contribution in [0.5, 0.6) is 0 Å². The van der Waals surface area contributed by atoms with Crippen LogP contribution in [0.4, 0.5) is 0 Å². The van der Waals surface area contributed by atoms with Gasteiger partial charge in [-0.15, -0.1) is 11.3 Å². The van der Waals surface area contributed by atoms with Gasteiger partial charge < -0.3 is 9.52 Å². The van der Waals surface area contributed by atoms with Gasteiger partial charge in [0.25, 0.3) is 0 Å². The van der Waals surface area contributed by atoms with Gasteiger partial charge in [0.05, 0.1) is 6.26 Å².